The second kappa shape index (κ2) is 7.58. The van der Waals surface area contributed by atoms with E-state index in [9.17, 15) is 22.8 Å². The number of aromatic nitrogens is 2. The maximum absolute atomic E-state index is 13.0. The average Bonchev–Trinajstić information content (AvgIpc) is 3.23. The molecule has 0 atom stereocenters. The molecule has 0 unspecified atom stereocenters. The van der Waals surface area contributed by atoms with Crippen molar-refractivity contribution in [1.29, 1.82) is 0 Å². The van der Waals surface area contributed by atoms with Gasteiger partial charge in [-0.1, -0.05) is 6.07 Å². The molecule has 0 aliphatic carbocycles. The number of nitrogens with one attached hydrogen (secondary N) is 3. The first kappa shape index (κ1) is 19.6. The Morgan fingerprint density at radius 1 is 1.14 bits per heavy atom. The Morgan fingerprint density at radius 2 is 1.90 bits per heavy atom. The molecule has 2 aromatic heterocycles. The highest BCUT2D eigenvalue weighted by Gasteiger charge is 2.30. The number of piperidine rings is 1. The molecular weight excluding hydrogens is 416 g/mol. The summed E-state index contributed by atoms with van der Waals surface area (Å²) >= 11 is 1.36. The smallest absolute Gasteiger partial charge is 0.326 e. The highest BCUT2D eigenvalue weighted by molar-refractivity contribution is 7.89. The zero-order chi connectivity index (χ0) is 20.6. The number of aromatic amines is 2. The van der Waals surface area contributed by atoms with Gasteiger partial charge in [-0.15, -0.1) is 11.3 Å². The standard InChI is InChI=1S/C18H18N4O5S2/c23-16-13-10-12(3-4-14(13)20-18(25)21-16)29(26,27)22-7-5-11(6-8-22)19-17(24)15-2-1-9-28-15/h1-4,9-11H,5-8H2,(H,19,24)(H2,20,21,23,25). The largest absolute Gasteiger partial charge is 0.349 e. The van der Waals surface area contributed by atoms with Crippen molar-refractivity contribution in [1.82, 2.24) is 19.6 Å². The molecule has 152 valence electrons. The summed E-state index contributed by atoms with van der Waals surface area (Å²) in [6.07, 6.45) is 0.996. The number of hydrogen-bond acceptors (Lipinski definition) is 6. The Balaban J connectivity index is 1.49. The Kier molecular flexibility index (Phi) is 5.11. The van der Waals surface area contributed by atoms with Gasteiger partial charge in [-0.25, -0.2) is 13.2 Å². The normalized spacial score (nSPS) is 16.1. The third kappa shape index (κ3) is 3.88. The summed E-state index contributed by atoms with van der Waals surface area (Å²) in [5.41, 5.74) is -1.02. The van der Waals surface area contributed by atoms with E-state index >= 15 is 0 Å². The molecule has 0 spiro atoms. The molecule has 11 heteroatoms. The van der Waals surface area contributed by atoms with Crippen molar-refractivity contribution in [2.45, 2.75) is 23.8 Å². The van der Waals surface area contributed by atoms with Crippen molar-refractivity contribution in [3.8, 4) is 0 Å². The molecule has 4 rings (SSSR count). The monoisotopic (exact) mass is 434 g/mol. The number of benzene rings is 1. The Hall–Kier alpha value is -2.76. The topological polar surface area (TPSA) is 132 Å². The molecule has 1 fully saturated rings. The van der Waals surface area contributed by atoms with Crippen molar-refractivity contribution in [2.24, 2.45) is 0 Å². The highest BCUT2D eigenvalue weighted by atomic mass is 32.2. The predicted octanol–water partition coefficient (Wildman–Crippen LogP) is 0.861. The van der Waals surface area contributed by atoms with Crippen molar-refractivity contribution >= 4 is 38.2 Å². The molecule has 1 aliphatic rings. The van der Waals surface area contributed by atoms with Crippen molar-refractivity contribution in [2.75, 3.05) is 13.1 Å². The number of H-pyrrole nitrogens is 2. The van der Waals surface area contributed by atoms with Crippen LogP contribution in [0.25, 0.3) is 10.9 Å². The van der Waals surface area contributed by atoms with Gasteiger partial charge in [-0.2, -0.15) is 4.31 Å². The van der Waals surface area contributed by atoms with Crippen molar-refractivity contribution < 1.29 is 13.2 Å². The van der Waals surface area contributed by atoms with Gasteiger partial charge < -0.3 is 10.3 Å². The second-order valence-electron chi connectivity index (χ2n) is 6.74. The molecule has 1 aliphatic heterocycles. The van der Waals surface area contributed by atoms with Crippen LogP contribution in [-0.4, -0.2) is 47.7 Å². The number of sulfonamides is 1. The molecule has 3 N–H and O–H groups in total. The lowest BCUT2D eigenvalue weighted by atomic mass is 10.1. The van der Waals surface area contributed by atoms with E-state index in [1.807, 2.05) is 5.38 Å². The van der Waals surface area contributed by atoms with Gasteiger partial charge in [0.2, 0.25) is 10.0 Å². The van der Waals surface area contributed by atoms with E-state index in [0.717, 1.165) is 0 Å². The van der Waals surface area contributed by atoms with Gasteiger partial charge in [0, 0.05) is 19.1 Å². The Labute approximate surface area is 169 Å². The molecule has 1 saturated heterocycles. The van der Waals surface area contributed by atoms with Gasteiger partial charge in [0.25, 0.3) is 11.5 Å². The number of hydrogen-bond donors (Lipinski definition) is 3. The van der Waals surface area contributed by atoms with Crippen LogP contribution in [0.1, 0.15) is 22.5 Å². The van der Waals surface area contributed by atoms with E-state index < -0.39 is 21.3 Å². The zero-order valence-electron chi connectivity index (χ0n) is 15.2. The summed E-state index contributed by atoms with van der Waals surface area (Å²) in [4.78, 5) is 40.7. The van der Waals surface area contributed by atoms with Crippen LogP contribution in [-0.2, 0) is 10.0 Å². The molecule has 0 radical (unpaired) electrons. The molecular formula is C18H18N4O5S2. The van der Waals surface area contributed by atoms with Gasteiger partial charge in [-0.3, -0.25) is 14.6 Å². The summed E-state index contributed by atoms with van der Waals surface area (Å²) in [6, 6.07) is 7.50. The first-order valence-electron chi connectivity index (χ1n) is 8.95. The van der Waals surface area contributed by atoms with Crippen LogP contribution in [0.2, 0.25) is 0 Å². The number of nitrogens with zero attached hydrogens (tertiary/aromatic N) is 1. The number of carbonyl (C=O) groups is 1. The van der Waals surface area contributed by atoms with Crippen LogP contribution in [0.3, 0.4) is 0 Å². The average molecular weight is 434 g/mol. The van der Waals surface area contributed by atoms with E-state index in [2.05, 4.69) is 15.3 Å². The van der Waals surface area contributed by atoms with Gasteiger partial charge in [0.15, 0.2) is 0 Å². The minimum Gasteiger partial charge on any atom is -0.349 e. The lowest BCUT2D eigenvalue weighted by molar-refractivity contribution is 0.0928. The lowest BCUT2D eigenvalue weighted by Crippen LogP contribution is -2.46. The fourth-order valence-corrected chi connectivity index (χ4v) is 5.48. The Bertz CT molecular complexity index is 1270. The van der Waals surface area contributed by atoms with E-state index in [1.54, 1.807) is 12.1 Å². The van der Waals surface area contributed by atoms with Crippen LogP contribution in [0.4, 0.5) is 0 Å². The van der Waals surface area contributed by atoms with Crippen LogP contribution >= 0.6 is 11.3 Å². The summed E-state index contributed by atoms with van der Waals surface area (Å²) in [7, 11) is -3.80. The summed E-state index contributed by atoms with van der Waals surface area (Å²) in [5, 5.41) is 4.87. The SMILES string of the molecule is O=C(NC1CCN(S(=O)(=O)c2ccc3[nH]c(=O)[nH]c(=O)c3c2)CC1)c1cccs1. The molecule has 29 heavy (non-hydrogen) atoms. The summed E-state index contributed by atoms with van der Waals surface area (Å²) in [6.45, 7) is 0.523. The molecule has 1 aromatic carbocycles. The number of carbonyl (C=O) groups excluding carboxylic acids is 1. The first-order valence-corrected chi connectivity index (χ1v) is 11.3. The number of fused-ring (bicyclic) bond motifs is 1. The molecule has 3 heterocycles. The molecule has 9 nitrogen and oxygen atoms in total. The predicted molar refractivity (Wildman–Crippen MR) is 109 cm³/mol. The van der Waals surface area contributed by atoms with Crippen LogP contribution < -0.4 is 16.6 Å². The quantitative estimate of drug-likeness (QED) is 0.560. The fourth-order valence-electron chi connectivity index (χ4n) is 3.36. The molecule has 0 bridgehead atoms. The van der Waals surface area contributed by atoms with Gasteiger partial charge >= 0.3 is 5.69 Å². The molecule has 0 saturated carbocycles. The van der Waals surface area contributed by atoms with Crippen molar-refractivity contribution in [3.63, 3.8) is 0 Å². The molecule has 1 amide bonds. The van der Waals surface area contributed by atoms with E-state index in [0.29, 0.717) is 17.7 Å². The minimum absolute atomic E-state index is 0.0105. The van der Waals surface area contributed by atoms with E-state index in [-0.39, 0.29) is 40.8 Å². The van der Waals surface area contributed by atoms with Gasteiger partial charge in [0.1, 0.15) is 0 Å². The van der Waals surface area contributed by atoms with Gasteiger partial charge in [0.05, 0.1) is 20.7 Å². The molecule has 3 aromatic rings. The number of rotatable bonds is 4. The summed E-state index contributed by atoms with van der Waals surface area (Å²) in [5.74, 6) is -0.149. The van der Waals surface area contributed by atoms with Crippen LogP contribution in [0.15, 0.2) is 50.2 Å². The van der Waals surface area contributed by atoms with E-state index in [4.69, 9.17) is 0 Å². The number of amides is 1. The minimum atomic E-state index is -3.80. The first-order chi connectivity index (χ1) is 13.8. The maximum Gasteiger partial charge on any atom is 0.326 e. The number of thiophene rings is 1. The van der Waals surface area contributed by atoms with Crippen LogP contribution in [0.5, 0.6) is 0 Å². The van der Waals surface area contributed by atoms with Crippen LogP contribution in [0, 0.1) is 0 Å². The Morgan fingerprint density at radius 3 is 2.59 bits per heavy atom. The van der Waals surface area contributed by atoms with E-state index in [1.165, 1.54) is 33.8 Å². The van der Waals surface area contributed by atoms with Gasteiger partial charge in [-0.05, 0) is 42.5 Å². The highest BCUT2D eigenvalue weighted by Crippen LogP contribution is 2.23. The summed E-state index contributed by atoms with van der Waals surface area (Å²) < 4.78 is 27.3. The third-order valence-corrected chi connectivity index (χ3v) is 7.65. The van der Waals surface area contributed by atoms with Crippen molar-refractivity contribution in [3.05, 3.63) is 61.4 Å². The third-order valence-electron chi connectivity index (χ3n) is 4.88. The zero-order valence-corrected chi connectivity index (χ0v) is 16.8. The maximum atomic E-state index is 13.0. The second-order valence-corrected chi connectivity index (χ2v) is 9.63. The lowest BCUT2D eigenvalue weighted by Gasteiger charge is -2.31. The fraction of sp³-hybridized carbons (Fsp3) is 0.278.